The van der Waals surface area contributed by atoms with Crippen molar-refractivity contribution >= 4 is 25.7 Å². The summed E-state index contributed by atoms with van der Waals surface area (Å²) >= 11 is 0. The summed E-state index contributed by atoms with van der Waals surface area (Å²) in [6, 6.07) is -1.54. The lowest BCUT2D eigenvalue weighted by molar-refractivity contribution is -0.161. The van der Waals surface area contributed by atoms with Crippen LogP contribution in [0.1, 0.15) is 142 Å². The van der Waals surface area contributed by atoms with Crippen LogP contribution in [0.3, 0.4) is 0 Å². The molecule has 5 atom stereocenters. The summed E-state index contributed by atoms with van der Waals surface area (Å²) in [5, 5.41) is 8.89. The minimum absolute atomic E-state index is 0.0255. The molecule has 13 heteroatoms. The van der Waals surface area contributed by atoms with Gasteiger partial charge in [0.1, 0.15) is 12.6 Å². The third-order valence-electron chi connectivity index (χ3n) is 9.06. The Labute approximate surface area is 354 Å². The smallest absolute Gasteiger partial charge is 0.472 e. The van der Waals surface area contributed by atoms with Crippen molar-refractivity contribution in [3.8, 4) is 0 Å². The first-order valence-electron chi connectivity index (χ1n) is 21.7. The maximum Gasteiger partial charge on any atom is 0.472 e. The van der Waals surface area contributed by atoms with Crippen LogP contribution in [0.4, 0.5) is 0 Å². The van der Waals surface area contributed by atoms with Crippen molar-refractivity contribution in [3.05, 3.63) is 85.1 Å². The van der Waals surface area contributed by atoms with E-state index in [9.17, 15) is 23.8 Å². The molecular formula is C46H74NO11P. The Morgan fingerprint density at radius 3 is 1.81 bits per heavy atom. The van der Waals surface area contributed by atoms with Gasteiger partial charge in [-0.05, 0) is 77.0 Å². The van der Waals surface area contributed by atoms with Gasteiger partial charge in [0.15, 0.2) is 6.10 Å². The van der Waals surface area contributed by atoms with Gasteiger partial charge < -0.3 is 29.9 Å². The number of carboxylic acids is 1. The van der Waals surface area contributed by atoms with Crippen LogP contribution in [0.15, 0.2) is 85.1 Å². The molecule has 12 nitrogen and oxygen atoms in total. The lowest BCUT2D eigenvalue weighted by atomic mass is 10.1. The lowest BCUT2D eigenvalue weighted by Crippen LogP contribution is -2.34. The van der Waals surface area contributed by atoms with E-state index < -0.39 is 57.7 Å². The van der Waals surface area contributed by atoms with Gasteiger partial charge in [-0.15, -0.1) is 0 Å². The van der Waals surface area contributed by atoms with Gasteiger partial charge in [-0.2, -0.15) is 0 Å². The Kier molecular flexibility index (Phi) is 33.2. The summed E-state index contributed by atoms with van der Waals surface area (Å²) in [7, 11) is -4.75. The number of phosphoric acid groups is 1. The molecule has 59 heavy (non-hydrogen) atoms. The van der Waals surface area contributed by atoms with Gasteiger partial charge in [0.2, 0.25) is 0 Å². The number of unbranched alkanes of at least 4 members (excludes halogenated alkanes) is 7. The molecule has 3 unspecified atom stereocenters. The molecule has 0 aromatic rings. The van der Waals surface area contributed by atoms with Crippen LogP contribution >= 0.6 is 7.82 Å². The monoisotopic (exact) mass is 847 g/mol. The highest BCUT2D eigenvalue weighted by Gasteiger charge is 2.36. The Morgan fingerprint density at radius 2 is 1.20 bits per heavy atom. The number of rotatable bonds is 38. The molecule has 0 aromatic carbocycles. The summed E-state index contributed by atoms with van der Waals surface area (Å²) in [5.41, 5.74) is 5.33. The first kappa shape index (κ1) is 53.6. The van der Waals surface area contributed by atoms with E-state index in [0.29, 0.717) is 31.5 Å². The van der Waals surface area contributed by atoms with Gasteiger partial charge in [0, 0.05) is 12.8 Å². The topological polar surface area (TPSA) is 184 Å². The zero-order chi connectivity index (χ0) is 43.2. The third kappa shape index (κ3) is 34.1. The zero-order valence-electron chi connectivity index (χ0n) is 35.7. The average molecular weight is 848 g/mol. The fourth-order valence-corrected chi connectivity index (χ4v) is 6.34. The molecule has 334 valence electrons. The number of aliphatic carboxylic acids is 1. The standard InChI is InChI=1S/C46H74NO11P/c1-3-5-7-8-9-10-11-12-13-14-15-16-17-18-19-20-25-28-32-36-45(49)57-40(38-55-59(52,53)56-39-41(47)46(50)51)37-54-44(48)35-31-27-24-22-21-23-26-30-34-43-42(58-43)33-29-6-4-2/h5,7,9-10,12-13,15-16,18-19,25-26,28,30,40-43H,3-4,6,8,11,14,17,20-24,27,29,31-39,47H2,1-2H3,(H,50,51)(H,52,53)/b7-5-,10-9-,13-12-,16-15-,19-18-,28-25-,30-26-/t40-,41+,42?,43?/m1/s1. The Morgan fingerprint density at radius 1 is 0.644 bits per heavy atom. The Balaban J connectivity index is 2.35. The summed E-state index contributed by atoms with van der Waals surface area (Å²) in [6.07, 6.45) is 46.9. The van der Waals surface area contributed by atoms with Crippen molar-refractivity contribution in [2.75, 3.05) is 19.8 Å². The Hall–Kier alpha value is -3.38. The van der Waals surface area contributed by atoms with Crippen LogP contribution in [0.5, 0.6) is 0 Å². The maximum absolute atomic E-state index is 12.6. The predicted octanol–water partition coefficient (Wildman–Crippen LogP) is 10.5. The zero-order valence-corrected chi connectivity index (χ0v) is 36.6. The van der Waals surface area contributed by atoms with Gasteiger partial charge in [-0.3, -0.25) is 23.4 Å². The molecule has 4 N–H and O–H groups in total. The predicted molar refractivity (Wildman–Crippen MR) is 235 cm³/mol. The highest BCUT2D eigenvalue weighted by atomic mass is 31.2. The van der Waals surface area contributed by atoms with E-state index in [1.165, 1.54) is 25.7 Å². The highest BCUT2D eigenvalue weighted by Crippen LogP contribution is 2.43. The number of nitrogens with two attached hydrogens (primary N) is 1. The van der Waals surface area contributed by atoms with E-state index >= 15 is 0 Å². The van der Waals surface area contributed by atoms with E-state index in [2.05, 4.69) is 85.2 Å². The second-order valence-electron chi connectivity index (χ2n) is 14.5. The minimum atomic E-state index is -4.75. The number of epoxide rings is 1. The number of ether oxygens (including phenoxy) is 3. The van der Waals surface area contributed by atoms with E-state index in [4.69, 9.17) is 29.6 Å². The van der Waals surface area contributed by atoms with Crippen LogP contribution in [0, 0.1) is 0 Å². The molecule has 1 fully saturated rings. The van der Waals surface area contributed by atoms with Gasteiger partial charge in [-0.1, -0.05) is 137 Å². The molecule has 0 saturated carbocycles. The molecule has 0 spiro atoms. The van der Waals surface area contributed by atoms with Gasteiger partial charge in [0.25, 0.3) is 0 Å². The molecule has 0 aliphatic carbocycles. The van der Waals surface area contributed by atoms with Crippen LogP contribution in [-0.4, -0.2) is 72.1 Å². The molecule has 0 amide bonds. The van der Waals surface area contributed by atoms with E-state index in [1.807, 2.05) is 18.2 Å². The number of phosphoric ester groups is 1. The van der Waals surface area contributed by atoms with Crippen molar-refractivity contribution in [3.63, 3.8) is 0 Å². The van der Waals surface area contributed by atoms with Crippen LogP contribution in [-0.2, 0) is 42.2 Å². The van der Waals surface area contributed by atoms with Gasteiger partial charge in [-0.25, -0.2) is 4.57 Å². The van der Waals surface area contributed by atoms with Gasteiger partial charge >= 0.3 is 25.7 Å². The molecule has 1 aliphatic rings. The quantitative estimate of drug-likeness (QED) is 0.0176. The Bertz CT molecular complexity index is 1390. The minimum Gasteiger partial charge on any atom is -0.480 e. The second kappa shape index (κ2) is 36.5. The molecule has 1 rings (SSSR count). The van der Waals surface area contributed by atoms with E-state index in [1.54, 1.807) is 0 Å². The average Bonchev–Trinajstić information content (AvgIpc) is 3.97. The number of esters is 2. The molecule has 1 aliphatic heterocycles. The summed E-state index contributed by atoms with van der Waals surface area (Å²) in [6.45, 7) is 2.54. The van der Waals surface area contributed by atoms with Crippen molar-refractivity contribution in [1.29, 1.82) is 0 Å². The largest absolute Gasteiger partial charge is 0.480 e. The number of allylic oxidation sites excluding steroid dienone is 13. The first-order valence-corrected chi connectivity index (χ1v) is 23.2. The van der Waals surface area contributed by atoms with Crippen molar-refractivity contribution < 1.29 is 52.2 Å². The van der Waals surface area contributed by atoms with Crippen LogP contribution in [0.2, 0.25) is 0 Å². The summed E-state index contributed by atoms with van der Waals surface area (Å²) in [4.78, 5) is 46.0. The molecule has 1 saturated heterocycles. The fraction of sp³-hybridized carbons (Fsp3) is 0.630. The summed E-state index contributed by atoms with van der Waals surface area (Å²) in [5.74, 6) is -2.52. The number of carbonyl (C=O) groups excluding carboxylic acids is 2. The number of carbonyl (C=O) groups is 3. The van der Waals surface area contributed by atoms with Crippen molar-refractivity contribution in [2.24, 2.45) is 5.73 Å². The molecule has 1 heterocycles. The number of hydrogen-bond donors (Lipinski definition) is 3. The number of carboxylic acid groups (broad SMARTS) is 1. The second-order valence-corrected chi connectivity index (χ2v) is 15.9. The lowest BCUT2D eigenvalue weighted by Gasteiger charge is -2.20. The molecule has 0 radical (unpaired) electrons. The first-order chi connectivity index (χ1) is 28.6. The van der Waals surface area contributed by atoms with Crippen LogP contribution in [0.25, 0.3) is 0 Å². The molecule has 0 aromatic heterocycles. The van der Waals surface area contributed by atoms with Crippen molar-refractivity contribution in [2.45, 2.75) is 167 Å². The van der Waals surface area contributed by atoms with Gasteiger partial charge in [0.05, 0.1) is 25.4 Å². The van der Waals surface area contributed by atoms with E-state index in [0.717, 1.165) is 70.6 Å². The van der Waals surface area contributed by atoms with Crippen LogP contribution < -0.4 is 5.73 Å². The SMILES string of the molecule is CC/C=C\C/C=C\C/C=C\C/C=C\C/C=C\C/C=C\CCC(=O)O[C@H](COC(=O)CCCCCCC/C=C\CC1OC1CCCCC)COP(=O)(O)OC[C@H](N)C(=O)O. The highest BCUT2D eigenvalue weighted by molar-refractivity contribution is 7.47. The number of hydrogen-bond acceptors (Lipinski definition) is 10. The van der Waals surface area contributed by atoms with E-state index in [-0.39, 0.29) is 12.8 Å². The summed E-state index contributed by atoms with van der Waals surface area (Å²) < 4.78 is 38.3. The third-order valence-corrected chi connectivity index (χ3v) is 10.0. The normalized spacial score (nSPS) is 18.0. The van der Waals surface area contributed by atoms with Crippen molar-refractivity contribution in [1.82, 2.24) is 0 Å². The fourth-order valence-electron chi connectivity index (χ4n) is 5.57. The molecule has 0 bridgehead atoms. The molecular weight excluding hydrogens is 773 g/mol. The maximum atomic E-state index is 12.6.